The number of rotatable bonds is 4. The second-order valence-corrected chi connectivity index (χ2v) is 7.24. The third-order valence-corrected chi connectivity index (χ3v) is 5.35. The van der Waals surface area contributed by atoms with Crippen LogP contribution in [-0.2, 0) is 11.2 Å². The first kappa shape index (κ1) is 17.5. The van der Waals surface area contributed by atoms with Crippen molar-refractivity contribution in [3.05, 3.63) is 65.2 Å². The highest BCUT2D eigenvalue weighted by Gasteiger charge is 2.40. The van der Waals surface area contributed by atoms with Crippen molar-refractivity contribution in [2.75, 3.05) is 5.32 Å². The van der Waals surface area contributed by atoms with Crippen molar-refractivity contribution in [2.24, 2.45) is 0 Å². The molecule has 0 saturated heterocycles. The van der Waals surface area contributed by atoms with Crippen LogP contribution in [0, 0.1) is 0 Å². The molecule has 1 heterocycles. The Kier molecular flexibility index (Phi) is 4.75. The summed E-state index contributed by atoms with van der Waals surface area (Å²) in [7, 11) is 0. The van der Waals surface area contributed by atoms with E-state index in [1.54, 1.807) is 18.2 Å². The van der Waals surface area contributed by atoms with Gasteiger partial charge >= 0.3 is 0 Å². The fourth-order valence-electron chi connectivity index (χ4n) is 3.99. The van der Waals surface area contributed by atoms with Gasteiger partial charge in [0.05, 0.1) is 17.5 Å². The summed E-state index contributed by atoms with van der Waals surface area (Å²) in [5.74, 6) is -0.591. The van der Waals surface area contributed by atoms with Crippen LogP contribution in [0.4, 0.5) is 5.69 Å². The van der Waals surface area contributed by atoms with Gasteiger partial charge in [0.1, 0.15) is 0 Å². The quantitative estimate of drug-likeness (QED) is 0.842. The smallest absolute Gasteiger partial charge is 0.261 e. The van der Waals surface area contributed by atoms with Gasteiger partial charge in [-0.15, -0.1) is 0 Å². The highest BCUT2D eigenvalue weighted by atomic mass is 16.2. The van der Waals surface area contributed by atoms with Crippen LogP contribution >= 0.6 is 0 Å². The molecule has 0 atom stereocenters. The molecule has 1 aliphatic carbocycles. The molecule has 2 aliphatic rings. The van der Waals surface area contributed by atoms with Gasteiger partial charge in [-0.3, -0.25) is 19.3 Å². The van der Waals surface area contributed by atoms with E-state index in [4.69, 9.17) is 0 Å². The number of imide groups is 1. The lowest BCUT2D eigenvalue weighted by Crippen LogP contribution is -2.40. The minimum Gasteiger partial charge on any atom is -0.326 e. The lowest BCUT2D eigenvalue weighted by atomic mass is 9.94. The van der Waals surface area contributed by atoms with Crippen LogP contribution < -0.4 is 5.32 Å². The van der Waals surface area contributed by atoms with E-state index in [9.17, 15) is 14.4 Å². The lowest BCUT2D eigenvalue weighted by molar-refractivity contribution is -0.115. The molecule has 27 heavy (non-hydrogen) atoms. The van der Waals surface area contributed by atoms with Gasteiger partial charge in [-0.25, -0.2) is 0 Å². The van der Waals surface area contributed by atoms with Gasteiger partial charge in [0.2, 0.25) is 5.91 Å². The normalized spacial score (nSPS) is 17.1. The lowest BCUT2D eigenvalue weighted by Gasteiger charge is -2.29. The number of carbonyl (C=O) groups is 3. The highest BCUT2D eigenvalue weighted by molar-refractivity contribution is 6.22. The summed E-state index contributed by atoms with van der Waals surface area (Å²) in [6.45, 7) is 0. The van der Waals surface area contributed by atoms with E-state index in [-0.39, 0.29) is 30.2 Å². The third kappa shape index (κ3) is 3.50. The number of fused-ring (bicyclic) bond motifs is 1. The summed E-state index contributed by atoms with van der Waals surface area (Å²) in [5.41, 5.74) is 2.29. The van der Waals surface area contributed by atoms with Crippen LogP contribution in [0.1, 0.15) is 58.4 Å². The number of hydrogen-bond acceptors (Lipinski definition) is 3. The van der Waals surface area contributed by atoms with E-state index in [2.05, 4.69) is 5.32 Å². The number of nitrogens with zero attached hydrogens (tertiary/aromatic N) is 1. The first-order valence-corrected chi connectivity index (χ1v) is 9.49. The van der Waals surface area contributed by atoms with Crippen molar-refractivity contribution in [1.29, 1.82) is 0 Å². The summed E-state index contributed by atoms with van der Waals surface area (Å²) >= 11 is 0. The minimum absolute atomic E-state index is 0.00210. The van der Waals surface area contributed by atoms with E-state index in [1.807, 2.05) is 30.3 Å². The zero-order valence-electron chi connectivity index (χ0n) is 15.1. The molecule has 0 bridgehead atoms. The van der Waals surface area contributed by atoms with E-state index in [1.165, 1.54) is 4.90 Å². The minimum atomic E-state index is -0.235. The molecule has 0 unspecified atom stereocenters. The molecule has 0 spiro atoms. The SMILES string of the molecule is O=C(Cc1ccccc1)Nc1ccc2c(c1)C(=O)N(C1CCCCC1)C2=O. The van der Waals surface area contributed by atoms with Gasteiger partial charge in [0.15, 0.2) is 0 Å². The monoisotopic (exact) mass is 362 g/mol. The van der Waals surface area contributed by atoms with Crippen LogP contribution in [0.25, 0.3) is 0 Å². The number of hydrogen-bond donors (Lipinski definition) is 1. The number of amides is 3. The van der Waals surface area contributed by atoms with Gasteiger partial charge in [0, 0.05) is 11.7 Å². The van der Waals surface area contributed by atoms with Gasteiger partial charge in [0.25, 0.3) is 11.8 Å². The van der Waals surface area contributed by atoms with Crippen molar-refractivity contribution in [3.8, 4) is 0 Å². The first-order chi connectivity index (χ1) is 13.1. The number of carbonyl (C=O) groups excluding carboxylic acids is 3. The Morgan fingerprint density at radius 3 is 2.37 bits per heavy atom. The Morgan fingerprint density at radius 2 is 1.63 bits per heavy atom. The average molecular weight is 362 g/mol. The molecule has 3 amide bonds. The Bertz CT molecular complexity index is 886. The van der Waals surface area contributed by atoms with Crippen LogP contribution in [-0.4, -0.2) is 28.7 Å². The molecule has 1 N–H and O–H groups in total. The van der Waals surface area contributed by atoms with Crippen LogP contribution in [0.5, 0.6) is 0 Å². The van der Waals surface area contributed by atoms with E-state index in [0.717, 1.165) is 37.7 Å². The van der Waals surface area contributed by atoms with Crippen LogP contribution in [0.2, 0.25) is 0 Å². The maximum atomic E-state index is 12.8. The van der Waals surface area contributed by atoms with Crippen molar-refractivity contribution in [1.82, 2.24) is 4.90 Å². The fraction of sp³-hybridized carbons (Fsp3) is 0.318. The molecule has 1 fully saturated rings. The van der Waals surface area contributed by atoms with Crippen LogP contribution in [0.15, 0.2) is 48.5 Å². The molecule has 5 heteroatoms. The second kappa shape index (κ2) is 7.35. The zero-order chi connectivity index (χ0) is 18.8. The summed E-state index contributed by atoms with van der Waals surface area (Å²) in [6, 6.07) is 14.4. The number of nitrogens with one attached hydrogen (secondary N) is 1. The molecular formula is C22H22N2O3. The molecular weight excluding hydrogens is 340 g/mol. The standard InChI is InChI=1S/C22H22N2O3/c25-20(13-15-7-3-1-4-8-15)23-16-11-12-18-19(14-16)22(27)24(21(18)26)17-9-5-2-6-10-17/h1,3-4,7-8,11-12,14,17H,2,5-6,9-10,13H2,(H,23,25). The Balaban J connectivity index is 1.50. The molecule has 1 aliphatic heterocycles. The summed E-state index contributed by atoms with van der Waals surface area (Å²) in [4.78, 5) is 39.2. The Labute approximate surface area is 158 Å². The largest absolute Gasteiger partial charge is 0.326 e. The summed E-state index contributed by atoms with van der Waals surface area (Å²) in [5, 5.41) is 2.83. The van der Waals surface area contributed by atoms with Gasteiger partial charge < -0.3 is 5.32 Å². The van der Waals surface area contributed by atoms with Crippen molar-refractivity contribution < 1.29 is 14.4 Å². The second-order valence-electron chi connectivity index (χ2n) is 7.24. The predicted octanol–water partition coefficient (Wildman–Crippen LogP) is 3.80. The van der Waals surface area contributed by atoms with Crippen molar-refractivity contribution in [2.45, 2.75) is 44.6 Å². The van der Waals surface area contributed by atoms with Crippen molar-refractivity contribution in [3.63, 3.8) is 0 Å². The third-order valence-electron chi connectivity index (χ3n) is 5.35. The molecule has 2 aromatic rings. The number of anilines is 1. The van der Waals surface area contributed by atoms with E-state index >= 15 is 0 Å². The summed E-state index contributed by atoms with van der Waals surface area (Å²) in [6.07, 6.45) is 5.30. The molecule has 5 nitrogen and oxygen atoms in total. The van der Waals surface area contributed by atoms with Gasteiger partial charge in [-0.1, -0.05) is 49.6 Å². The molecule has 138 valence electrons. The Hall–Kier alpha value is -2.95. The Morgan fingerprint density at radius 1 is 0.926 bits per heavy atom. The maximum Gasteiger partial charge on any atom is 0.261 e. The number of benzene rings is 2. The first-order valence-electron chi connectivity index (χ1n) is 9.49. The zero-order valence-corrected chi connectivity index (χ0v) is 15.1. The molecule has 1 saturated carbocycles. The average Bonchev–Trinajstić information content (AvgIpc) is 2.93. The van der Waals surface area contributed by atoms with E-state index in [0.29, 0.717) is 16.8 Å². The van der Waals surface area contributed by atoms with Crippen LogP contribution in [0.3, 0.4) is 0 Å². The van der Waals surface area contributed by atoms with Gasteiger partial charge in [-0.05, 0) is 36.6 Å². The van der Waals surface area contributed by atoms with Gasteiger partial charge in [-0.2, -0.15) is 0 Å². The maximum absolute atomic E-state index is 12.8. The summed E-state index contributed by atoms with van der Waals surface area (Å²) < 4.78 is 0. The molecule has 4 rings (SSSR count). The molecule has 2 aromatic carbocycles. The van der Waals surface area contributed by atoms with Crippen molar-refractivity contribution >= 4 is 23.4 Å². The highest BCUT2D eigenvalue weighted by Crippen LogP contribution is 2.32. The topological polar surface area (TPSA) is 66.5 Å². The fourth-order valence-corrected chi connectivity index (χ4v) is 3.99. The molecule has 0 radical (unpaired) electrons. The predicted molar refractivity (Wildman–Crippen MR) is 103 cm³/mol. The van der Waals surface area contributed by atoms with E-state index < -0.39 is 0 Å². The molecule has 0 aromatic heterocycles.